The zero-order valence-corrected chi connectivity index (χ0v) is 17.9. The minimum absolute atomic E-state index is 0.0412. The summed E-state index contributed by atoms with van der Waals surface area (Å²) in [5, 5.41) is 0. The molecule has 2 nitrogen and oxygen atoms in total. The summed E-state index contributed by atoms with van der Waals surface area (Å²) in [6.07, 6.45) is 9.06. The summed E-state index contributed by atoms with van der Waals surface area (Å²) in [6.45, 7) is 2.61. The number of rotatable bonds is 9. The molecule has 0 aromatic heterocycles. The van der Waals surface area contributed by atoms with E-state index in [0.29, 0.717) is 12.2 Å². The molecule has 2 unspecified atom stereocenters. The van der Waals surface area contributed by atoms with Crippen LogP contribution in [0.3, 0.4) is 0 Å². The van der Waals surface area contributed by atoms with E-state index in [0.717, 1.165) is 31.7 Å². The molecule has 2 aromatic rings. The molecule has 5 heteroatoms. The van der Waals surface area contributed by atoms with Crippen molar-refractivity contribution < 1.29 is 22.6 Å². The maximum absolute atomic E-state index is 14.8. The fourth-order valence-electron chi connectivity index (χ4n) is 4.19. The molecule has 1 aliphatic rings. The first-order valence-corrected chi connectivity index (χ1v) is 11.0. The molecule has 0 radical (unpaired) electrons. The molecule has 0 spiro atoms. The molecule has 1 saturated heterocycles. The van der Waals surface area contributed by atoms with E-state index in [4.69, 9.17) is 9.47 Å². The number of methoxy groups -OCH3 is 1. The van der Waals surface area contributed by atoms with Crippen LogP contribution in [0, 0.1) is 17.5 Å². The van der Waals surface area contributed by atoms with Crippen molar-refractivity contribution in [1.82, 2.24) is 0 Å². The monoisotopic (exact) mass is 420 g/mol. The molecule has 2 aromatic carbocycles. The Bertz CT molecular complexity index is 829. The van der Waals surface area contributed by atoms with Gasteiger partial charge in [0.15, 0.2) is 23.2 Å². The van der Waals surface area contributed by atoms with Gasteiger partial charge in [-0.1, -0.05) is 57.2 Å². The molecule has 3 rings (SSSR count). The second-order valence-corrected chi connectivity index (χ2v) is 8.11. The highest BCUT2D eigenvalue weighted by Crippen LogP contribution is 2.35. The fourth-order valence-corrected chi connectivity index (χ4v) is 4.19. The summed E-state index contributed by atoms with van der Waals surface area (Å²) in [5.41, 5.74) is 0.658. The molecule has 0 aliphatic carbocycles. The van der Waals surface area contributed by atoms with E-state index in [9.17, 15) is 13.2 Å². The minimum Gasteiger partial charge on any atom is -0.494 e. The first-order valence-electron chi connectivity index (χ1n) is 11.0. The zero-order chi connectivity index (χ0) is 21.5. The normalized spacial score (nSPS) is 19.1. The predicted molar refractivity (Wildman–Crippen MR) is 113 cm³/mol. The Balaban J connectivity index is 1.63. The summed E-state index contributed by atoms with van der Waals surface area (Å²) >= 11 is 0. The van der Waals surface area contributed by atoms with E-state index < -0.39 is 17.5 Å². The van der Waals surface area contributed by atoms with Crippen molar-refractivity contribution in [2.45, 2.75) is 70.3 Å². The van der Waals surface area contributed by atoms with Gasteiger partial charge in [-0.05, 0) is 42.5 Å². The number of unbranched alkanes of at least 4 members (excludes halogenated alkanes) is 4. The summed E-state index contributed by atoms with van der Waals surface area (Å²) in [7, 11) is 1.36. The molecule has 30 heavy (non-hydrogen) atoms. The third kappa shape index (κ3) is 5.37. The van der Waals surface area contributed by atoms with Crippen molar-refractivity contribution in [3.8, 4) is 16.9 Å². The number of hydrogen-bond acceptors (Lipinski definition) is 2. The Morgan fingerprint density at radius 3 is 2.43 bits per heavy atom. The molecule has 1 heterocycles. The topological polar surface area (TPSA) is 18.5 Å². The molecule has 0 N–H and O–H groups in total. The van der Waals surface area contributed by atoms with E-state index >= 15 is 0 Å². The Hall–Kier alpha value is -2.01. The molecule has 0 saturated carbocycles. The standard InChI is InChI=1S/C25H31F3O2/c1-3-4-5-6-7-8-19-11-9-18(16-30-19)21-13-12-20(24(27)25(21)28)17-10-14-23(29-2)22(26)15-17/h10,12-15,18-19H,3-9,11,16H2,1-2H3. The number of hydrogen-bond donors (Lipinski definition) is 0. The minimum atomic E-state index is -0.949. The molecular weight excluding hydrogens is 389 g/mol. The summed E-state index contributed by atoms with van der Waals surface area (Å²) in [5.74, 6) is -2.52. The molecular formula is C25H31F3O2. The fraction of sp³-hybridized carbons (Fsp3) is 0.520. The van der Waals surface area contributed by atoms with Gasteiger partial charge in [-0.25, -0.2) is 13.2 Å². The van der Waals surface area contributed by atoms with Crippen LogP contribution < -0.4 is 4.74 Å². The van der Waals surface area contributed by atoms with Gasteiger partial charge in [0.05, 0.1) is 19.8 Å². The maximum Gasteiger partial charge on any atom is 0.166 e. The van der Waals surface area contributed by atoms with Crippen LogP contribution in [0.15, 0.2) is 30.3 Å². The number of benzene rings is 2. The molecule has 2 atom stereocenters. The van der Waals surface area contributed by atoms with E-state index in [1.54, 1.807) is 6.07 Å². The van der Waals surface area contributed by atoms with Gasteiger partial charge in [0.2, 0.25) is 0 Å². The number of halogens is 3. The lowest BCUT2D eigenvalue weighted by molar-refractivity contribution is -0.00283. The van der Waals surface area contributed by atoms with Gasteiger partial charge in [-0.3, -0.25) is 0 Å². The lowest BCUT2D eigenvalue weighted by Gasteiger charge is -2.30. The van der Waals surface area contributed by atoms with E-state index in [1.165, 1.54) is 51.0 Å². The van der Waals surface area contributed by atoms with Crippen LogP contribution in [0.5, 0.6) is 5.75 Å². The van der Waals surface area contributed by atoms with Gasteiger partial charge in [-0.2, -0.15) is 0 Å². The van der Waals surface area contributed by atoms with E-state index in [-0.39, 0.29) is 28.9 Å². The highest BCUT2D eigenvalue weighted by molar-refractivity contribution is 5.66. The third-order valence-electron chi connectivity index (χ3n) is 6.01. The second kappa shape index (κ2) is 10.9. The summed E-state index contributed by atoms with van der Waals surface area (Å²) in [6, 6.07) is 7.22. The van der Waals surface area contributed by atoms with Crippen molar-refractivity contribution in [2.24, 2.45) is 0 Å². The lowest BCUT2D eigenvalue weighted by atomic mass is 9.88. The molecule has 0 amide bonds. The SMILES string of the molecule is CCCCCCCC1CCC(c2ccc(-c3ccc(OC)c(F)c3)c(F)c2F)CO1. The van der Waals surface area contributed by atoms with Crippen LogP contribution in [-0.4, -0.2) is 19.8 Å². The van der Waals surface area contributed by atoms with Gasteiger partial charge in [-0.15, -0.1) is 0 Å². The van der Waals surface area contributed by atoms with Gasteiger partial charge >= 0.3 is 0 Å². The van der Waals surface area contributed by atoms with E-state index in [1.807, 2.05) is 0 Å². The number of ether oxygens (including phenoxy) is 2. The van der Waals surface area contributed by atoms with Crippen LogP contribution in [-0.2, 0) is 4.74 Å². The highest BCUT2D eigenvalue weighted by atomic mass is 19.2. The first-order chi connectivity index (χ1) is 14.5. The lowest BCUT2D eigenvalue weighted by Crippen LogP contribution is -2.25. The van der Waals surface area contributed by atoms with Crippen molar-refractivity contribution in [3.05, 3.63) is 53.3 Å². The summed E-state index contributed by atoms with van der Waals surface area (Å²) in [4.78, 5) is 0. The van der Waals surface area contributed by atoms with E-state index in [2.05, 4.69) is 6.92 Å². The largest absolute Gasteiger partial charge is 0.494 e. The zero-order valence-electron chi connectivity index (χ0n) is 17.9. The third-order valence-corrected chi connectivity index (χ3v) is 6.01. The molecule has 1 fully saturated rings. The Kier molecular flexibility index (Phi) is 8.20. The van der Waals surface area contributed by atoms with Crippen LogP contribution in [0.1, 0.15) is 69.8 Å². The summed E-state index contributed by atoms with van der Waals surface area (Å²) < 4.78 is 54.4. The first kappa shape index (κ1) is 22.7. The van der Waals surface area contributed by atoms with Crippen LogP contribution in [0.25, 0.3) is 11.1 Å². The maximum atomic E-state index is 14.8. The van der Waals surface area contributed by atoms with Crippen molar-refractivity contribution >= 4 is 0 Å². The van der Waals surface area contributed by atoms with Crippen molar-refractivity contribution in [1.29, 1.82) is 0 Å². The van der Waals surface area contributed by atoms with Crippen molar-refractivity contribution in [3.63, 3.8) is 0 Å². The van der Waals surface area contributed by atoms with Crippen LogP contribution in [0.4, 0.5) is 13.2 Å². The second-order valence-electron chi connectivity index (χ2n) is 8.11. The predicted octanol–water partition coefficient (Wildman–Crippen LogP) is 7.40. The van der Waals surface area contributed by atoms with Gasteiger partial charge < -0.3 is 9.47 Å². The van der Waals surface area contributed by atoms with Crippen LogP contribution in [0.2, 0.25) is 0 Å². The van der Waals surface area contributed by atoms with Gasteiger partial charge in [0, 0.05) is 11.5 Å². The Morgan fingerprint density at radius 1 is 0.967 bits per heavy atom. The van der Waals surface area contributed by atoms with Crippen molar-refractivity contribution in [2.75, 3.05) is 13.7 Å². The Morgan fingerprint density at radius 2 is 1.77 bits per heavy atom. The van der Waals surface area contributed by atoms with Crippen LogP contribution >= 0.6 is 0 Å². The smallest absolute Gasteiger partial charge is 0.166 e. The molecule has 164 valence electrons. The van der Waals surface area contributed by atoms with Gasteiger partial charge in [0.1, 0.15) is 0 Å². The molecule has 0 bridgehead atoms. The van der Waals surface area contributed by atoms with Gasteiger partial charge in [0.25, 0.3) is 0 Å². The average molecular weight is 421 g/mol. The Labute approximate surface area is 177 Å². The molecule has 1 aliphatic heterocycles. The highest BCUT2D eigenvalue weighted by Gasteiger charge is 2.27. The average Bonchev–Trinajstić information content (AvgIpc) is 2.76. The quantitative estimate of drug-likeness (QED) is 0.393.